The smallest absolute Gasteiger partial charge is 0.166 e. The van der Waals surface area contributed by atoms with Gasteiger partial charge in [0.2, 0.25) is 0 Å². The summed E-state index contributed by atoms with van der Waals surface area (Å²) in [6, 6.07) is 5.64. The molecule has 0 heterocycles. The number of ketones is 1. The van der Waals surface area contributed by atoms with Crippen LogP contribution in [0.2, 0.25) is 0 Å². The summed E-state index contributed by atoms with van der Waals surface area (Å²) in [6.07, 6.45) is 20.9. The van der Waals surface area contributed by atoms with Gasteiger partial charge in [0.1, 0.15) is 5.75 Å². The maximum absolute atomic E-state index is 12.2. The first-order chi connectivity index (χ1) is 13.7. The summed E-state index contributed by atoms with van der Waals surface area (Å²) in [6.45, 7) is 4.40. The Hall–Kier alpha value is -1.31. The Morgan fingerprint density at radius 3 is 1.75 bits per heavy atom. The molecular formula is C26H44O2. The lowest BCUT2D eigenvalue weighted by Crippen LogP contribution is -2.00. The van der Waals surface area contributed by atoms with E-state index < -0.39 is 0 Å². The quantitative estimate of drug-likeness (QED) is 0.202. The Bertz CT molecular complexity index is 521. The number of phenols is 1. The fourth-order valence-electron chi connectivity index (χ4n) is 3.81. The maximum Gasteiger partial charge on any atom is 0.166 e. The van der Waals surface area contributed by atoms with Gasteiger partial charge < -0.3 is 5.11 Å². The van der Waals surface area contributed by atoms with Crippen LogP contribution in [0.5, 0.6) is 5.75 Å². The van der Waals surface area contributed by atoms with E-state index in [0.717, 1.165) is 31.2 Å². The number of unbranched alkanes of at least 4 members (excludes halogenated alkanes) is 13. The van der Waals surface area contributed by atoms with Gasteiger partial charge in [0.25, 0.3) is 0 Å². The monoisotopic (exact) mass is 388 g/mol. The first kappa shape index (κ1) is 24.7. The highest BCUT2D eigenvalue weighted by molar-refractivity contribution is 5.98. The highest BCUT2D eigenvalue weighted by Gasteiger charge is 2.11. The molecule has 160 valence electrons. The molecule has 0 saturated carbocycles. The van der Waals surface area contributed by atoms with Crippen LogP contribution in [0, 0.1) is 0 Å². The SMILES string of the molecule is CCCCCCCCCCCCCCc1ccc(C(=O)CCCCC)c(O)c1. The minimum atomic E-state index is 0.0721. The summed E-state index contributed by atoms with van der Waals surface area (Å²) in [7, 11) is 0. The molecule has 0 unspecified atom stereocenters. The highest BCUT2D eigenvalue weighted by Crippen LogP contribution is 2.23. The minimum Gasteiger partial charge on any atom is -0.507 e. The molecule has 0 aliphatic rings. The van der Waals surface area contributed by atoms with Gasteiger partial charge in [-0.2, -0.15) is 0 Å². The van der Waals surface area contributed by atoms with Crippen LogP contribution in [0.15, 0.2) is 18.2 Å². The fraction of sp³-hybridized carbons (Fsp3) is 0.731. The third-order valence-corrected chi connectivity index (χ3v) is 5.69. The summed E-state index contributed by atoms with van der Waals surface area (Å²) in [5.74, 6) is 0.237. The van der Waals surface area contributed by atoms with Crippen LogP contribution in [-0.2, 0) is 6.42 Å². The van der Waals surface area contributed by atoms with Crippen molar-refractivity contribution in [2.75, 3.05) is 0 Å². The Morgan fingerprint density at radius 1 is 0.714 bits per heavy atom. The van der Waals surface area contributed by atoms with Crippen molar-refractivity contribution in [3.8, 4) is 5.75 Å². The topological polar surface area (TPSA) is 37.3 Å². The Balaban J connectivity index is 2.09. The van der Waals surface area contributed by atoms with E-state index in [9.17, 15) is 9.90 Å². The second kappa shape index (κ2) is 16.6. The largest absolute Gasteiger partial charge is 0.507 e. The van der Waals surface area contributed by atoms with Crippen LogP contribution < -0.4 is 0 Å². The van der Waals surface area contributed by atoms with Crippen molar-refractivity contribution in [1.82, 2.24) is 0 Å². The van der Waals surface area contributed by atoms with Crippen LogP contribution in [-0.4, -0.2) is 10.9 Å². The molecule has 28 heavy (non-hydrogen) atoms. The van der Waals surface area contributed by atoms with Gasteiger partial charge in [-0.05, 0) is 37.0 Å². The molecular weight excluding hydrogens is 344 g/mol. The normalized spacial score (nSPS) is 11.1. The number of Topliss-reactive ketones (excluding diaryl/α,β-unsaturated/α-hetero) is 1. The molecule has 1 aromatic carbocycles. The van der Waals surface area contributed by atoms with E-state index in [1.54, 1.807) is 6.07 Å². The highest BCUT2D eigenvalue weighted by atomic mass is 16.3. The second-order valence-electron chi connectivity index (χ2n) is 8.37. The van der Waals surface area contributed by atoms with Gasteiger partial charge in [-0.1, -0.05) is 103 Å². The number of hydrogen-bond acceptors (Lipinski definition) is 2. The second-order valence-corrected chi connectivity index (χ2v) is 8.37. The molecule has 0 aromatic heterocycles. The van der Waals surface area contributed by atoms with Crippen LogP contribution in [0.3, 0.4) is 0 Å². The molecule has 0 amide bonds. The van der Waals surface area contributed by atoms with Crippen molar-refractivity contribution in [3.05, 3.63) is 29.3 Å². The van der Waals surface area contributed by atoms with Crippen molar-refractivity contribution in [2.45, 2.75) is 123 Å². The first-order valence-corrected chi connectivity index (χ1v) is 12.0. The molecule has 1 N–H and O–H groups in total. The first-order valence-electron chi connectivity index (χ1n) is 12.0. The van der Waals surface area contributed by atoms with Crippen molar-refractivity contribution in [1.29, 1.82) is 0 Å². The molecule has 0 spiro atoms. The molecule has 0 atom stereocenters. The van der Waals surface area contributed by atoms with Crippen molar-refractivity contribution < 1.29 is 9.90 Å². The number of aryl methyl sites for hydroxylation is 1. The van der Waals surface area contributed by atoms with E-state index in [1.165, 1.54) is 77.0 Å². The van der Waals surface area contributed by atoms with E-state index in [1.807, 2.05) is 12.1 Å². The van der Waals surface area contributed by atoms with Gasteiger partial charge in [0, 0.05) is 6.42 Å². The van der Waals surface area contributed by atoms with Crippen LogP contribution in [0.25, 0.3) is 0 Å². The van der Waals surface area contributed by atoms with Crippen molar-refractivity contribution in [2.24, 2.45) is 0 Å². The predicted octanol–water partition coefficient (Wildman–Crippen LogP) is 8.40. The molecule has 1 aromatic rings. The van der Waals surface area contributed by atoms with E-state index in [2.05, 4.69) is 13.8 Å². The lowest BCUT2D eigenvalue weighted by molar-refractivity contribution is 0.0976. The van der Waals surface area contributed by atoms with E-state index >= 15 is 0 Å². The molecule has 0 aliphatic heterocycles. The number of hydrogen-bond donors (Lipinski definition) is 1. The summed E-state index contributed by atoms with van der Waals surface area (Å²) in [4.78, 5) is 12.2. The molecule has 2 heteroatoms. The van der Waals surface area contributed by atoms with Crippen LogP contribution in [0.1, 0.15) is 133 Å². The Kier molecular flexibility index (Phi) is 14.7. The number of carbonyl (C=O) groups is 1. The third kappa shape index (κ3) is 11.5. The lowest BCUT2D eigenvalue weighted by Gasteiger charge is -2.07. The summed E-state index contributed by atoms with van der Waals surface area (Å²) >= 11 is 0. The standard InChI is InChI=1S/C26H44O2/c1-3-5-7-8-9-10-11-12-13-14-15-17-18-23-20-21-24(26(28)22-23)25(27)19-16-6-4-2/h20-22,28H,3-19H2,1-2H3. The molecule has 0 aliphatic carbocycles. The van der Waals surface area contributed by atoms with Gasteiger partial charge in [0.05, 0.1) is 5.56 Å². The fourth-order valence-corrected chi connectivity index (χ4v) is 3.81. The third-order valence-electron chi connectivity index (χ3n) is 5.69. The van der Waals surface area contributed by atoms with Gasteiger partial charge in [-0.15, -0.1) is 0 Å². The van der Waals surface area contributed by atoms with Crippen LogP contribution in [0.4, 0.5) is 0 Å². The van der Waals surface area contributed by atoms with Gasteiger partial charge in [0.15, 0.2) is 5.78 Å². The summed E-state index contributed by atoms with van der Waals surface area (Å²) < 4.78 is 0. The van der Waals surface area contributed by atoms with Crippen LogP contribution >= 0.6 is 0 Å². The number of aromatic hydroxyl groups is 1. The summed E-state index contributed by atoms with van der Waals surface area (Å²) in [5, 5.41) is 10.2. The number of carbonyl (C=O) groups excluding carboxylic acids is 1. The number of benzene rings is 1. The average Bonchev–Trinajstić information content (AvgIpc) is 2.69. The zero-order chi connectivity index (χ0) is 20.5. The molecule has 2 nitrogen and oxygen atoms in total. The maximum atomic E-state index is 12.2. The Morgan fingerprint density at radius 2 is 1.21 bits per heavy atom. The molecule has 0 bridgehead atoms. The number of phenolic OH excluding ortho intramolecular Hbond substituents is 1. The van der Waals surface area contributed by atoms with Gasteiger partial charge in [-0.3, -0.25) is 4.79 Å². The molecule has 0 fully saturated rings. The molecule has 1 rings (SSSR count). The minimum absolute atomic E-state index is 0.0721. The summed E-state index contributed by atoms with van der Waals surface area (Å²) in [5.41, 5.74) is 1.64. The number of rotatable bonds is 18. The lowest BCUT2D eigenvalue weighted by atomic mass is 9.99. The van der Waals surface area contributed by atoms with Crippen molar-refractivity contribution in [3.63, 3.8) is 0 Å². The van der Waals surface area contributed by atoms with E-state index in [-0.39, 0.29) is 11.5 Å². The zero-order valence-electron chi connectivity index (χ0n) is 18.6. The molecule has 0 radical (unpaired) electrons. The van der Waals surface area contributed by atoms with Crippen molar-refractivity contribution >= 4 is 5.78 Å². The van der Waals surface area contributed by atoms with E-state index in [4.69, 9.17) is 0 Å². The van der Waals surface area contributed by atoms with E-state index in [0.29, 0.717) is 12.0 Å². The zero-order valence-corrected chi connectivity index (χ0v) is 18.6. The predicted molar refractivity (Wildman–Crippen MR) is 121 cm³/mol. The van der Waals surface area contributed by atoms with Gasteiger partial charge >= 0.3 is 0 Å². The average molecular weight is 389 g/mol. The molecule has 0 saturated heterocycles. The Labute approximate surface area is 174 Å². The van der Waals surface area contributed by atoms with Gasteiger partial charge in [-0.25, -0.2) is 0 Å².